The number of nitrogens with two attached hydrogens (primary N) is 1. The van der Waals surface area contributed by atoms with Crippen molar-refractivity contribution < 1.29 is 38.1 Å². The number of hydrogen-bond acceptors (Lipinski definition) is 12. The van der Waals surface area contributed by atoms with E-state index in [1.54, 1.807) is 26.0 Å². The topological polar surface area (TPSA) is 208 Å². The minimum absolute atomic E-state index is 0.0792. The smallest absolute Gasteiger partial charge is 0.459 e. The zero-order chi connectivity index (χ0) is 30.7. The van der Waals surface area contributed by atoms with Crippen LogP contribution in [-0.4, -0.2) is 69.0 Å². The lowest BCUT2D eigenvalue weighted by Crippen LogP contribution is -2.50. The summed E-state index contributed by atoms with van der Waals surface area (Å²) in [6, 6.07) is 3.38. The highest BCUT2D eigenvalue weighted by molar-refractivity contribution is 7.52. The molecule has 0 amide bonds. The SMILES string of the molecule is CCOC(=O)[C@H](C)NP(=O)(OC[C@H]1OC(n2ccc(N)nc2=O)[C@@](O)(C=N)[C@@H]1O)Oc1cc(C)c(Cl)cc1C(C)C. The zero-order valence-electron chi connectivity index (χ0n) is 23.2. The molecule has 2 heterocycles. The minimum Gasteiger partial charge on any atom is -0.465 e. The molecule has 0 bridgehead atoms. The van der Waals surface area contributed by atoms with Gasteiger partial charge in [-0.1, -0.05) is 25.4 Å². The van der Waals surface area contributed by atoms with Crippen molar-refractivity contribution in [3.8, 4) is 5.75 Å². The van der Waals surface area contributed by atoms with Crippen LogP contribution in [0.2, 0.25) is 5.02 Å². The molecule has 1 fully saturated rings. The van der Waals surface area contributed by atoms with Crippen molar-refractivity contribution in [2.75, 3.05) is 18.9 Å². The maximum atomic E-state index is 14.1. The predicted molar refractivity (Wildman–Crippen MR) is 150 cm³/mol. The lowest BCUT2D eigenvalue weighted by atomic mass is 9.95. The molecule has 1 aliphatic heterocycles. The van der Waals surface area contributed by atoms with E-state index in [9.17, 15) is 24.4 Å². The molecule has 16 heteroatoms. The van der Waals surface area contributed by atoms with Gasteiger partial charge in [-0.05, 0) is 56.0 Å². The summed E-state index contributed by atoms with van der Waals surface area (Å²) < 4.78 is 37.2. The monoisotopic (exact) mass is 615 g/mol. The summed E-state index contributed by atoms with van der Waals surface area (Å²) in [7, 11) is -4.43. The zero-order valence-corrected chi connectivity index (χ0v) is 24.9. The van der Waals surface area contributed by atoms with Crippen molar-refractivity contribution in [3.63, 3.8) is 0 Å². The Bertz CT molecular complexity index is 1390. The van der Waals surface area contributed by atoms with E-state index in [0.717, 1.165) is 4.57 Å². The van der Waals surface area contributed by atoms with Gasteiger partial charge < -0.3 is 35.4 Å². The fraction of sp³-hybridized carbons (Fsp3) is 0.520. The highest BCUT2D eigenvalue weighted by Crippen LogP contribution is 2.49. The van der Waals surface area contributed by atoms with Gasteiger partial charge in [-0.2, -0.15) is 10.1 Å². The van der Waals surface area contributed by atoms with Crippen molar-refractivity contribution in [3.05, 3.63) is 51.0 Å². The lowest BCUT2D eigenvalue weighted by molar-refractivity contribution is -0.144. The first-order chi connectivity index (χ1) is 19.2. The highest BCUT2D eigenvalue weighted by Gasteiger charge is 2.56. The van der Waals surface area contributed by atoms with E-state index in [1.807, 2.05) is 13.8 Å². The first kappa shape index (κ1) is 32.7. The van der Waals surface area contributed by atoms with Crippen molar-refractivity contribution >= 4 is 37.3 Å². The molecule has 41 heavy (non-hydrogen) atoms. The Hall–Kier alpha value is -2.84. The Morgan fingerprint density at radius 2 is 2.10 bits per heavy atom. The van der Waals surface area contributed by atoms with Gasteiger partial charge in [0.25, 0.3) is 0 Å². The van der Waals surface area contributed by atoms with Gasteiger partial charge in [0, 0.05) is 17.4 Å². The summed E-state index contributed by atoms with van der Waals surface area (Å²) in [6.45, 7) is 7.93. The molecule has 1 aliphatic rings. The molecular formula is C25H35ClN5O9P. The van der Waals surface area contributed by atoms with Gasteiger partial charge in [0.15, 0.2) is 11.8 Å². The molecule has 6 atom stereocenters. The number of benzene rings is 1. The number of aryl methyl sites for hydroxylation is 1. The number of nitrogens with one attached hydrogen (secondary N) is 2. The highest BCUT2D eigenvalue weighted by atomic mass is 35.5. The Morgan fingerprint density at radius 3 is 2.68 bits per heavy atom. The standard InChI is InChI=1S/C25H35ClN5O9P/c1-6-37-22(33)15(5)30-41(36,40-18-9-14(4)17(26)10-16(18)13(2)3)38-11-19-21(32)25(35,12-27)23(39-19)31-8-7-20(28)29-24(31)34/h7-10,12-13,15,19,21,23,27,32,35H,6,11H2,1-5H3,(H,30,36)(H2,28,29,34)/t15-,19+,21+,23?,25+,41?/m0/s1. The molecule has 1 aromatic carbocycles. The van der Waals surface area contributed by atoms with Crippen LogP contribution in [0.1, 0.15) is 51.0 Å². The number of anilines is 1. The molecule has 0 radical (unpaired) electrons. The number of ether oxygens (including phenoxy) is 2. The van der Waals surface area contributed by atoms with Gasteiger partial charge in [0.05, 0.1) is 13.2 Å². The summed E-state index contributed by atoms with van der Waals surface area (Å²) in [6.07, 6.45) is -3.11. The van der Waals surface area contributed by atoms with Crippen LogP contribution in [0.3, 0.4) is 0 Å². The summed E-state index contributed by atoms with van der Waals surface area (Å²) in [5.41, 5.74) is 3.49. The number of esters is 1. The predicted octanol–water partition coefficient (Wildman–Crippen LogP) is 2.29. The Labute approximate surface area is 241 Å². The van der Waals surface area contributed by atoms with Crippen molar-refractivity contribution in [1.82, 2.24) is 14.6 Å². The number of rotatable bonds is 12. The van der Waals surface area contributed by atoms with Crippen LogP contribution in [0.5, 0.6) is 5.75 Å². The number of aliphatic hydroxyl groups excluding tert-OH is 1. The molecule has 2 unspecified atom stereocenters. The van der Waals surface area contributed by atoms with Gasteiger partial charge in [-0.25, -0.2) is 9.36 Å². The first-order valence-corrected chi connectivity index (χ1v) is 14.7. The number of carbonyl (C=O) groups is 1. The summed E-state index contributed by atoms with van der Waals surface area (Å²) in [5, 5.41) is 32.7. The largest absolute Gasteiger partial charge is 0.465 e. The maximum absolute atomic E-state index is 14.1. The van der Waals surface area contributed by atoms with Crippen LogP contribution in [0.25, 0.3) is 0 Å². The second-order valence-corrected chi connectivity index (χ2v) is 11.9. The second kappa shape index (κ2) is 13.0. The Morgan fingerprint density at radius 1 is 1.41 bits per heavy atom. The van der Waals surface area contributed by atoms with Crippen molar-refractivity contribution in [1.29, 1.82) is 5.41 Å². The van der Waals surface area contributed by atoms with Crippen LogP contribution in [0.15, 0.2) is 29.2 Å². The quantitative estimate of drug-likeness (QED) is 0.132. The maximum Gasteiger partial charge on any atom is 0.459 e. The molecule has 6 N–H and O–H groups in total. The number of hydrogen-bond donors (Lipinski definition) is 5. The molecular weight excluding hydrogens is 581 g/mol. The van der Waals surface area contributed by atoms with E-state index in [4.69, 9.17) is 41.3 Å². The van der Waals surface area contributed by atoms with E-state index in [0.29, 0.717) is 22.4 Å². The van der Waals surface area contributed by atoms with Crippen molar-refractivity contribution in [2.45, 2.75) is 70.6 Å². The molecule has 226 valence electrons. The van der Waals surface area contributed by atoms with Gasteiger partial charge in [-0.15, -0.1) is 0 Å². The molecule has 3 rings (SSSR count). The number of halogens is 1. The van der Waals surface area contributed by atoms with Crippen LogP contribution in [0, 0.1) is 12.3 Å². The molecule has 1 aromatic heterocycles. The van der Waals surface area contributed by atoms with E-state index in [2.05, 4.69) is 10.1 Å². The van der Waals surface area contributed by atoms with Gasteiger partial charge in [-0.3, -0.25) is 13.9 Å². The number of nitrogen functional groups attached to an aromatic ring is 1. The van der Waals surface area contributed by atoms with Crippen LogP contribution < -0.4 is 21.0 Å². The molecule has 1 saturated heterocycles. The number of aliphatic hydroxyl groups is 2. The third-order valence-electron chi connectivity index (χ3n) is 6.39. The molecule has 0 aliphatic carbocycles. The van der Waals surface area contributed by atoms with E-state index in [-0.39, 0.29) is 24.1 Å². The molecule has 0 spiro atoms. The Kier molecular flexibility index (Phi) is 10.4. The summed E-state index contributed by atoms with van der Waals surface area (Å²) >= 11 is 6.29. The molecule has 2 aromatic rings. The average Bonchev–Trinajstić information content (AvgIpc) is 3.15. The van der Waals surface area contributed by atoms with E-state index >= 15 is 0 Å². The first-order valence-electron chi connectivity index (χ1n) is 12.8. The summed E-state index contributed by atoms with van der Waals surface area (Å²) in [4.78, 5) is 28.3. The third kappa shape index (κ3) is 7.15. The number of nitrogens with zero attached hydrogens (tertiary/aromatic N) is 2. The van der Waals surface area contributed by atoms with Gasteiger partial charge >= 0.3 is 19.4 Å². The Balaban J connectivity index is 1.94. The summed E-state index contributed by atoms with van der Waals surface area (Å²) in [5.74, 6) is -0.729. The van der Waals surface area contributed by atoms with E-state index in [1.165, 1.54) is 19.2 Å². The molecule has 0 saturated carbocycles. The number of aromatic nitrogens is 2. The minimum atomic E-state index is -4.43. The molecule has 14 nitrogen and oxygen atoms in total. The van der Waals surface area contributed by atoms with Crippen LogP contribution in [-0.2, 0) is 23.4 Å². The van der Waals surface area contributed by atoms with E-state index < -0.39 is 56.1 Å². The average molecular weight is 616 g/mol. The lowest BCUT2D eigenvalue weighted by Gasteiger charge is -2.27. The fourth-order valence-electron chi connectivity index (χ4n) is 4.12. The van der Waals surface area contributed by atoms with Gasteiger partial charge in [0.2, 0.25) is 0 Å². The number of carbonyl (C=O) groups excluding carboxylic acids is 1. The normalized spacial score (nSPS) is 24.6. The van der Waals surface area contributed by atoms with Gasteiger partial charge in [0.1, 0.15) is 29.8 Å². The third-order valence-corrected chi connectivity index (χ3v) is 8.43. The van der Waals surface area contributed by atoms with Crippen LogP contribution >= 0.6 is 19.3 Å². The fourth-order valence-corrected chi connectivity index (χ4v) is 5.81. The second-order valence-electron chi connectivity index (χ2n) is 9.83. The van der Waals surface area contributed by atoms with Crippen molar-refractivity contribution in [2.24, 2.45) is 0 Å². The van der Waals surface area contributed by atoms with Crippen LogP contribution in [0.4, 0.5) is 5.82 Å².